The van der Waals surface area contributed by atoms with Gasteiger partial charge in [0.15, 0.2) is 0 Å². The first kappa shape index (κ1) is 14.6. The molecule has 0 aliphatic carbocycles. The van der Waals surface area contributed by atoms with Crippen LogP contribution in [0.15, 0.2) is 22.7 Å². The van der Waals surface area contributed by atoms with Crippen molar-refractivity contribution in [1.29, 1.82) is 0 Å². The van der Waals surface area contributed by atoms with Crippen molar-refractivity contribution < 1.29 is 4.79 Å². The summed E-state index contributed by atoms with van der Waals surface area (Å²) < 4.78 is 0.944. The van der Waals surface area contributed by atoms with Crippen LogP contribution in [0.25, 0.3) is 0 Å². The molecule has 17 heavy (non-hydrogen) atoms. The number of carbonyl (C=O) groups is 1. The Morgan fingerprint density at radius 2 is 2.18 bits per heavy atom. The van der Waals surface area contributed by atoms with Crippen molar-refractivity contribution in [2.45, 2.75) is 13.8 Å². The van der Waals surface area contributed by atoms with Crippen molar-refractivity contribution in [2.24, 2.45) is 5.92 Å². The van der Waals surface area contributed by atoms with Crippen LogP contribution in [0.5, 0.6) is 0 Å². The van der Waals surface area contributed by atoms with Crippen LogP contribution in [0.3, 0.4) is 0 Å². The van der Waals surface area contributed by atoms with Gasteiger partial charge in [-0.25, -0.2) is 0 Å². The minimum Gasteiger partial charge on any atom is -0.352 e. The monoisotopic (exact) mass is 315 g/mol. The number of hydrogen-bond acceptors (Lipinski definition) is 2. The van der Waals surface area contributed by atoms with E-state index in [1.54, 1.807) is 11.8 Å². The molecule has 94 valence electrons. The Bertz CT molecular complexity index is 375. The van der Waals surface area contributed by atoms with Gasteiger partial charge in [0.1, 0.15) is 0 Å². The topological polar surface area (TPSA) is 29.1 Å². The number of halogens is 1. The van der Waals surface area contributed by atoms with Gasteiger partial charge in [-0.15, -0.1) is 0 Å². The van der Waals surface area contributed by atoms with Crippen molar-refractivity contribution in [3.63, 3.8) is 0 Å². The van der Waals surface area contributed by atoms with Gasteiger partial charge in [-0.2, -0.15) is 11.8 Å². The molecule has 0 fully saturated rings. The van der Waals surface area contributed by atoms with Crippen LogP contribution in [0.2, 0.25) is 0 Å². The number of aryl methyl sites for hydroxylation is 1. The molecule has 1 atom stereocenters. The molecule has 1 rings (SSSR count). The first-order valence-corrected chi connectivity index (χ1v) is 7.76. The maximum atomic E-state index is 11.9. The predicted octanol–water partition coefficient (Wildman–Crippen LogP) is 3.49. The Morgan fingerprint density at radius 3 is 2.76 bits per heavy atom. The Kier molecular flexibility index (Phi) is 6.06. The second kappa shape index (κ2) is 7.07. The zero-order chi connectivity index (χ0) is 12.8. The summed E-state index contributed by atoms with van der Waals surface area (Å²) in [4.78, 5) is 11.9. The summed E-state index contributed by atoms with van der Waals surface area (Å²) in [6.07, 6.45) is 2.08. The summed E-state index contributed by atoms with van der Waals surface area (Å²) in [5.41, 5.74) is 1.80. The summed E-state index contributed by atoms with van der Waals surface area (Å²) in [7, 11) is 0. The molecule has 0 bridgehead atoms. The molecule has 4 heteroatoms. The lowest BCUT2D eigenvalue weighted by atomic mass is 10.1. The molecule has 1 unspecified atom stereocenters. The second-order valence-electron chi connectivity index (χ2n) is 4.29. The standard InChI is InChI=1S/C13H18BrNOS/c1-9-4-11(6-12(14)5-9)13(16)15-7-10(2)8-17-3/h4-6,10H,7-8H2,1-3H3,(H,15,16). The van der Waals surface area contributed by atoms with Gasteiger partial charge in [-0.3, -0.25) is 4.79 Å². The van der Waals surface area contributed by atoms with E-state index in [-0.39, 0.29) is 5.91 Å². The molecule has 0 heterocycles. The average Bonchev–Trinajstić information content (AvgIpc) is 2.25. The van der Waals surface area contributed by atoms with Gasteiger partial charge in [-0.05, 0) is 48.6 Å². The molecule has 0 radical (unpaired) electrons. The van der Waals surface area contributed by atoms with Gasteiger partial charge < -0.3 is 5.32 Å². The number of amides is 1. The summed E-state index contributed by atoms with van der Waals surface area (Å²) in [6.45, 7) is 4.85. The fourth-order valence-corrected chi connectivity index (χ4v) is 2.87. The molecule has 1 amide bonds. The Labute approximate surface area is 116 Å². The highest BCUT2D eigenvalue weighted by atomic mass is 79.9. The Morgan fingerprint density at radius 1 is 1.47 bits per heavy atom. The molecule has 0 aliphatic rings. The molecule has 2 nitrogen and oxygen atoms in total. The van der Waals surface area contributed by atoms with Crippen molar-refractivity contribution in [3.05, 3.63) is 33.8 Å². The zero-order valence-electron chi connectivity index (χ0n) is 10.4. The highest BCUT2D eigenvalue weighted by molar-refractivity contribution is 9.10. The third-order valence-electron chi connectivity index (χ3n) is 2.37. The van der Waals surface area contributed by atoms with Crippen molar-refractivity contribution >= 4 is 33.6 Å². The van der Waals surface area contributed by atoms with Crippen LogP contribution >= 0.6 is 27.7 Å². The second-order valence-corrected chi connectivity index (χ2v) is 6.11. The zero-order valence-corrected chi connectivity index (χ0v) is 12.8. The van der Waals surface area contributed by atoms with E-state index in [4.69, 9.17) is 0 Å². The van der Waals surface area contributed by atoms with E-state index in [0.717, 1.165) is 22.3 Å². The van der Waals surface area contributed by atoms with E-state index < -0.39 is 0 Å². The largest absolute Gasteiger partial charge is 0.352 e. The van der Waals surface area contributed by atoms with Gasteiger partial charge in [0.25, 0.3) is 5.91 Å². The minimum absolute atomic E-state index is 0.00218. The van der Waals surface area contributed by atoms with Crippen LogP contribution in [0.1, 0.15) is 22.8 Å². The van der Waals surface area contributed by atoms with Crippen molar-refractivity contribution in [2.75, 3.05) is 18.6 Å². The summed E-state index contributed by atoms with van der Waals surface area (Å²) >= 11 is 5.21. The molecule has 1 N–H and O–H groups in total. The molecule has 0 aliphatic heterocycles. The van der Waals surface area contributed by atoms with Crippen LogP contribution in [-0.4, -0.2) is 24.5 Å². The van der Waals surface area contributed by atoms with Crippen LogP contribution in [-0.2, 0) is 0 Å². The maximum absolute atomic E-state index is 11.9. The number of benzene rings is 1. The highest BCUT2D eigenvalue weighted by Crippen LogP contribution is 2.15. The normalized spacial score (nSPS) is 12.2. The Balaban J connectivity index is 2.58. The Hall–Kier alpha value is -0.480. The molecule has 0 saturated carbocycles. The molecule has 0 saturated heterocycles. The van der Waals surface area contributed by atoms with Crippen molar-refractivity contribution in [3.8, 4) is 0 Å². The van der Waals surface area contributed by atoms with Gasteiger partial charge in [0, 0.05) is 16.6 Å². The van der Waals surface area contributed by atoms with E-state index >= 15 is 0 Å². The lowest BCUT2D eigenvalue weighted by molar-refractivity contribution is 0.0949. The molecular formula is C13H18BrNOS. The van der Waals surface area contributed by atoms with Gasteiger partial charge in [0.05, 0.1) is 0 Å². The molecular weight excluding hydrogens is 298 g/mol. The van der Waals surface area contributed by atoms with Gasteiger partial charge in [-0.1, -0.05) is 22.9 Å². The van der Waals surface area contributed by atoms with Crippen molar-refractivity contribution in [1.82, 2.24) is 5.32 Å². The smallest absolute Gasteiger partial charge is 0.251 e. The van der Waals surface area contributed by atoms with Crippen LogP contribution in [0, 0.1) is 12.8 Å². The fourth-order valence-electron chi connectivity index (χ4n) is 1.58. The van der Waals surface area contributed by atoms with E-state index in [2.05, 4.69) is 34.4 Å². The van der Waals surface area contributed by atoms with Crippen LogP contribution < -0.4 is 5.32 Å². The third kappa shape index (κ3) is 5.13. The number of nitrogens with one attached hydrogen (secondary N) is 1. The quantitative estimate of drug-likeness (QED) is 0.901. The van der Waals surface area contributed by atoms with Crippen LogP contribution in [0.4, 0.5) is 0 Å². The minimum atomic E-state index is 0.00218. The summed E-state index contributed by atoms with van der Waals surface area (Å²) in [5.74, 6) is 1.57. The lowest BCUT2D eigenvalue weighted by Gasteiger charge is -2.11. The highest BCUT2D eigenvalue weighted by Gasteiger charge is 2.08. The first-order chi connectivity index (χ1) is 8.02. The van der Waals surface area contributed by atoms with Gasteiger partial charge in [0.2, 0.25) is 0 Å². The summed E-state index contributed by atoms with van der Waals surface area (Å²) in [6, 6.07) is 5.74. The number of rotatable bonds is 5. The van der Waals surface area contributed by atoms with E-state index in [0.29, 0.717) is 11.5 Å². The number of thioether (sulfide) groups is 1. The molecule has 0 aromatic heterocycles. The maximum Gasteiger partial charge on any atom is 0.251 e. The first-order valence-electron chi connectivity index (χ1n) is 5.57. The van der Waals surface area contributed by atoms with Gasteiger partial charge >= 0.3 is 0 Å². The van der Waals surface area contributed by atoms with E-state index in [1.807, 2.05) is 25.1 Å². The molecule has 0 spiro atoms. The SMILES string of the molecule is CSCC(C)CNC(=O)c1cc(C)cc(Br)c1. The number of hydrogen-bond donors (Lipinski definition) is 1. The predicted molar refractivity (Wildman–Crippen MR) is 78.8 cm³/mol. The summed E-state index contributed by atoms with van der Waals surface area (Å²) in [5, 5.41) is 2.96. The number of carbonyl (C=O) groups excluding carboxylic acids is 1. The fraction of sp³-hybridized carbons (Fsp3) is 0.462. The average molecular weight is 316 g/mol. The lowest BCUT2D eigenvalue weighted by Crippen LogP contribution is -2.29. The molecule has 1 aromatic rings. The molecule has 1 aromatic carbocycles. The van der Waals surface area contributed by atoms with E-state index in [9.17, 15) is 4.79 Å². The van der Waals surface area contributed by atoms with E-state index in [1.165, 1.54) is 0 Å². The third-order valence-corrected chi connectivity index (χ3v) is 3.73.